The summed E-state index contributed by atoms with van der Waals surface area (Å²) in [5, 5.41) is 16.4. The van der Waals surface area contributed by atoms with E-state index >= 15 is 0 Å². The van der Waals surface area contributed by atoms with Gasteiger partial charge in [0.15, 0.2) is 0 Å². The lowest BCUT2D eigenvalue weighted by atomic mass is 10.1. The van der Waals surface area contributed by atoms with E-state index in [-0.39, 0.29) is 17.7 Å². The largest absolute Gasteiger partial charge is 0.467 e. The van der Waals surface area contributed by atoms with Gasteiger partial charge in [-0.1, -0.05) is 17.8 Å². The molecule has 0 saturated carbocycles. The third-order valence-electron chi connectivity index (χ3n) is 3.88. The van der Waals surface area contributed by atoms with E-state index in [0.29, 0.717) is 23.3 Å². The highest BCUT2D eigenvalue weighted by Crippen LogP contribution is 2.34. The highest BCUT2D eigenvalue weighted by atomic mass is 32.2. The number of carbonyl (C=O) groups is 1. The second kappa shape index (κ2) is 8.32. The van der Waals surface area contributed by atoms with E-state index in [1.165, 1.54) is 16.8 Å². The van der Waals surface area contributed by atoms with Gasteiger partial charge in [0.25, 0.3) is 11.1 Å². The molecule has 7 nitrogen and oxygen atoms in total. The van der Waals surface area contributed by atoms with Crippen LogP contribution >= 0.6 is 34.9 Å². The lowest BCUT2D eigenvalue weighted by Crippen LogP contribution is -2.28. The van der Waals surface area contributed by atoms with Crippen LogP contribution in [0.3, 0.4) is 0 Å². The van der Waals surface area contributed by atoms with Crippen molar-refractivity contribution in [3.8, 4) is 0 Å². The molecule has 1 unspecified atom stereocenters. The van der Waals surface area contributed by atoms with Crippen LogP contribution in [0, 0.1) is 0 Å². The van der Waals surface area contributed by atoms with Crippen molar-refractivity contribution in [3.63, 3.8) is 0 Å². The van der Waals surface area contributed by atoms with Crippen LogP contribution < -0.4 is 0 Å². The Labute approximate surface area is 168 Å². The molecule has 4 rings (SSSR count). The van der Waals surface area contributed by atoms with Crippen LogP contribution in [0.1, 0.15) is 29.0 Å². The van der Waals surface area contributed by atoms with Gasteiger partial charge in [0.05, 0.1) is 28.4 Å². The van der Waals surface area contributed by atoms with Gasteiger partial charge in [-0.15, -0.1) is 21.5 Å². The normalized spacial score (nSPS) is 16.7. The molecular weight excluding hydrogens is 404 g/mol. The van der Waals surface area contributed by atoms with E-state index in [4.69, 9.17) is 8.83 Å². The maximum absolute atomic E-state index is 12.8. The molecule has 0 N–H and O–H groups in total. The van der Waals surface area contributed by atoms with E-state index in [0.717, 1.165) is 16.3 Å². The van der Waals surface area contributed by atoms with E-state index in [1.54, 1.807) is 29.4 Å². The summed E-state index contributed by atoms with van der Waals surface area (Å²) in [6, 6.07) is 7.45. The van der Waals surface area contributed by atoms with Gasteiger partial charge in [0.1, 0.15) is 11.8 Å². The van der Waals surface area contributed by atoms with Crippen molar-refractivity contribution in [3.05, 3.63) is 52.4 Å². The molecule has 0 spiro atoms. The zero-order valence-corrected chi connectivity index (χ0v) is 16.9. The molecule has 0 radical (unpaired) electrons. The minimum Gasteiger partial charge on any atom is -0.467 e. The van der Waals surface area contributed by atoms with Gasteiger partial charge in [0, 0.05) is 6.42 Å². The van der Waals surface area contributed by atoms with Crippen LogP contribution in [0.25, 0.3) is 0 Å². The summed E-state index contributed by atoms with van der Waals surface area (Å²) in [4.78, 5) is 13.9. The van der Waals surface area contributed by atoms with E-state index in [9.17, 15) is 4.79 Å². The third-order valence-corrected chi connectivity index (χ3v) is 6.14. The molecule has 3 aromatic rings. The topological polar surface area (TPSA) is 84.7 Å². The fourth-order valence-corrected chi connectivity index (χ4v) is 4.42. The van der Waals surface area contributed by atoms with Crippen molar-refractivity contribution in [1.82, 2.24) is 15.2 Å². The predicted molar refractivity (Wildman–Crippen MR) is 106 cm³/mol. The number of thioether (sulfide) groups is 2. The predicted octanol–water partition coefficient (Wildman–Crippen LogP) is 4.06. The number of thiophene rings is 1. The Morgan fingerprint density at radius 2 is 2.30 bits per heavy atom. The second-order valence-corrected chi connectivity index (χ2v) is 8.42. The van der Waals surface area contributed by atoms with Crippen molar-refractivity contribution in [2.75, 3.05) is 12.0 Å². The van der Waals surface area contributed by atoms with E-state index in [1.807, 2.05) is 35.9 Å². The summed E-state index contributed by atoms with van der Waals surface area (Å²) >= 11 is 4.44. The smallest absolute Gasteiger partial charge is 0.277 e. The molecule has 10 heteroatoms. The number of amides is 1. The van der Waals surface area contributed by atoms with Gasteiger partial charge in [-0.05, 0) is 29.8 Å². The molecule has 0 aliphatic carbocycles. The number of hydrogen-bond donors (Lipinski definition) is 0. The Kier molecular flexibility index (Phi) is 5.65. The van der Waals surface area contributed by atoms with Gasteiger partial charge in [-0.25, -0.2) is 5.01 Å². The summed E-state index contributed by atoms with van der Waals surface area (Å²) < 4.78 is 11.1. The van der Waals surface area contributed by atoms with Crippen LogP contribution in [0.2, 0.25) is 0 Å². The Morgan fingerprint density at radius 3 is 3.04 bits per heavy atom. The van der Waals surface area contributed by atoms with Gasteiger partial charge >= 0.3 is 0 Å². The summed E-state index contributed by atoms with van der Waals surface area (Å²) in [6.07, 6.45) is 4.20. The number of hydrogen-bond acceptors (Lipinski definition) is 9. The lowest BCUT2D eigenvalue weighted by molar-refractivity contribution is -0.130. The van der Waals surface area contributed by atoms with Gasteiger partial charge < -0.3 is 8.83 Å². The molecule has 1 amide bonds. The first-order valence-corrected chi connectivity index (χ1v) is 11.4. The van der Waals surface area contributed by atoms with Crippen molar-refractivity contribution < 1.29 is 13.6 Å². The monoisotopic (exact) mass is 420 g/mol. The number of aromatic nitrogens is 2. The molecule has 3 aromatic heterocycles. The zero-order valence-electron chi connectivity index (χ0n) is 14.4. The first-order valence-electron chi connectivity index (χ1n) is 8.15. The van der Waals surface area contributed by atoms with Crippen molar-refractivity contribution >= 4 is 46.5 Å². The molecule has 0 saturated heterocycles. The molecule has 140 valence electrons. The summed E-state index contributed by atoms with van der Waals surface area (Å²) in [5.74, 6) is 1.98. The molecule has 4 heterocycles. The van der Waals surface area contributed by atoms with Gasteiger partial charge in [0.2, 0.25) is 5.89 Å². The van der Waals surface area contributed by atoms with Crippen molar-refractivity contribution in [2.24, 2.45) is 5.10 Å². The van der Waals surface area contributed by atoms with E-state index < -0.39 is 0 Å². The molecule has 1 aliphatic rings. The summed E-state index contributed by atoms with van der Waals surface area (Å²) in [6.45, 7) is 0. The number of carbonyl (C=O) groups excluding carboxylic acids is 1. The highest BCUT2D eigenvalue weighted by molar-refractivity contribution is 7.99. The van der Waals surface area contributed by atoms with Crippen LogP contribution in [-0.4, -0.2) is 38.8 Å². The highest BCUT2D eigenvalue weighted by Gasteiger charge is 2.35. The minimum atomic E-state index is -0.236. The number of nitrogens with zero attached hydrogens (tertiary/aromatic N) is 4. The quantitative estimate of drug-likeness (QED) is 0.533. The van der Waals surface area contributed by atoms with Crippen LogP contribution in [0.5, 0.6) is 0 Å². The average Bonchev–Trinajstić information content (AvgIpc) is 3.47. The SMILES string of the molecule is CSCc1nnc(SCC(=O)N2N=C(c3cccs3)CC2c2ccco2)o1. The molecule has 1 aliphatic heterocycles. The van der Waals surface area contributed by atoms with Crippen molar-refractivity contribution in [2.45, 2.75) is 23.4 Å². The molecule has 1 atom stereocenters. The molecule has 0 aromatic carbocycles. The Balaban J connectivity index is 1.48. The lowest BCUT2D eigenvalue weighted by Gasteiger charge is -2.19. The van der Waals surface area contributed by atoms with Crippen molar-refractivity contribution in [1.29, 1.82) is 0 Å². The summed E-state index contributed by atoms with van der Waals surface area (Å²) in [5.41, 5.74) is 0.893. The maximum Gasteiger partial charge on any atom is 0.277 e. The second-order valence-electron chi connectivity index (χ2n) is 5.68. The molecule has 27 heavy (non-hydrogen) atoms. The minimum absolute atomic E-state index is 0.127. The third kappa shape index (κ3) is 4.12. The maximum atomic E-state index is 12.8. The Hall–Kier alpha value is -2.04. The van der Waals surface area contributed by atoms with Crippen LogP contribution in [0.4, 0.5) is 0 Å². The fraction of sp³-hybridized carbons (Fsp3) is 0.294. The fourth-order valence-electron chi connectivity index (χ4n) is 2.70. The van der Waals surface area contributed by atoms with Crippen LogP contribution in [0.15, 0.2) is 55.1 Å². The average molecular weight is 421 g/mol. The molecule has 0 bridgehead atoms. The molecular formula is C17H16N4O3S3. The Morgan fingerprint density at radius 1 is 1.37 bits per heavy atom. The summed E-state index contributed by atoms with van der Waals surface area (Å²) in [7, 11) is 0. The van der Waals surface area contributed by atoms with Gasteiger partial charge in [-0.2, -0.15) is 16.9 Å². The number of hydrazone groups is 1. The number of furan rings is 1. The first kappa shape index (κ1) is 18.3. The Bertz CT molecular complexity index is 921. The zero-order chi connectivity index (χ0) is 18.6. The number of rotatable bonds is 7. The van der Waals surface area contributed by atoms with Crippen LogP contribution in [-0.2, 0) is 10.5 Å². The molecule has 0 fully saturated rings. The standard InChI is InChI=1S/C17H16N4O3S3/c1-25-9-15-18-19-17(24-15)27-10-16(22)21-12(13-4-2-6-23-13)8-11(20-21)14-5-3-7-26-14/h2-7,12H,8-10H2,1H3. The van der Waals surface area contributed by atoms with E-state index in [2.05, 4.69) is 15.3 Å². The first-order chi connectivity index (χ1) is 13.2. The van der Waals surface area contributed by atoms with Gasteiger partial charge in [-0.3, -0.25) is 4.79 Å².